The maximum atomic E-state index is 4.68. The minimum absolute atomic E-state index is 0.812. The molecule has 110 valence electrons. The van der Waals surface area contributed by atoms with E-state index < -0.39 is 0 Å². The van der Waals surface area contributed by atoms with Crippen LogP contribution >= 0.6 is 23.7 Å². The second kappa shape index (κ2) is 8.00. The summed E-state index contributed by atoms with van der Waals surface area (Å²) in [4.78, 5) is 7.98. The summed E-state index contributed by atoms with van der Waals surface area (Å²) in [6.45, 7) is 0. The van der Waals surface area contributed by atoms with Crippen LogP contribution in [0.5, 0.6) is 0 Å². The number of rotatable bonds is 4. The van der Waals surface area contributed by atoms with E-state index in [4.69, 9.17) is 0 Å². The van der Waals surface area contributed by atoms with Crippen LogP contribution in [0.1, 0.15) is 0 Å². The summed E-state index contributed by atoms with van der Waals surface area (Å²) in [7, 11) is 2.02. The van der Waals surface area contributed by atoms with Crippen LogP contribution in [-0.2, 0) is 0 Å². The Morgan fingerprint density at radius 2 is 1.81 bits per heavy atom. The molecule has 1 N–H and O–H groups in total. The summed E-state index contributed by atoms with van der Waals surface area (Å²) in [5.41, 5.74) is 2.04. The second-order valence-electron chi connectivity index (χ2n) is 4.34. The number of hydrogen-bond acceptors (Lipinski definition) is 3. The molecule has 0 amide bonds. The van der Waals surface area contributed by atoms with Gasteiger partial charge < -0.3 is 4.90 Å². The molecule has 0 aliphatic rings. The highest BCUT2D eigenvalue weighted by atomic mass is 32.2. The van der Waals surface area contributed by atoms with E-state index in [-0.39, 0.29) is 0 Å². The van der Waals surface area contributed by atoms with Gasteiger partial charge in [-0.1, -0.05) is 36.2 Å². The van der Waals surface area contributed by atoms with E-state index >= 15 is 0 Å². The molecule has 0 aliphatic carbocycles. The van der Waals surface area contributed by atoms with Crippen molar-refractivity contribution in [2.45, 2.75) is 4.90 Å². The fourth-order valence-corrected chi connectivity index (χ4v) is 2.64. The van der Waals surface area contributed by atoms with Gasteiger partial charge in [0.25, 0.3) is 0 Å². The second-order valence-corrected chi connectivity index (χ2v) is 5.83. The smallest absolute Gasteiger partial charge is 0.213 e. The molecule has 0 aromatic heterocycles. The van der Waals surface area contributed by atoms with Gasteiger partial charge in [0.2, 0.25) is 5.96 Å². The molecule has 0 unspecified atom stereocenters. The number of anilines is 1. The van der Waals surface area contributed by atoms with Gasteiger partial charge in [0.15, 0.2) is 0 Å². The van der Waals surface area contributed by atoms with Crippen LogP contribution in [0.2, 0.25) is 0 Å². The Morgan fingerprint density at radius 1 is 1.05 bits per heavy atom. The van der Waals surface area contributed by atoms with Gasteiger partial charge in [0.05, 0.1) is 5.69 Å². The molecular formula is C16H19N3S2. The van der Waals surface area contributed by atoms with Crippen molar-refractivity contribution >= 4 is 41.0 Å². The Labute approximate surface area is 135 Å². The van der Waals surface area contributed by atoms with Crippen molar-refractivity contribution in [3.63, 3.8) is 0 Å². The van der Waals surface area contributed by atoms with Crippen molar-refractivity contribution in [1.29, 1.82) is 0 Å². The van der Waals surface area contributed by atoms with Gasteiger partial charge in [-0.3, -0.25) is 4.72 Å². The van der Waals surface area contributed by atoms with Crippen LogP contribution < -0.4 is 9.62 Å². The summed E-state index contributed by atoms with van der Waals surface area (Å²) in [6, 6.07) is 18.4. The maximum absolute atomic E-state index is 4.68. The van der Waals surface area contributed by atoms with Crippen LogP contribution in [0, 0.1) is 0 Å². The van der Waals surface area contributed by atoms with Crippen LogP contribution in [0.25, 0.3) is 0 Å². The molecule has 0 saturated heterocycles. The van der Waals surface area contributed by atoms with E-state index in [1.165, 1.54) is 16.8 Å². The summed E-state index contributed by atoms with van der Waals surface area (Å²) in [5.74, 6) is 0.812. The van der Waals surface area contributed by atoms with E-state index in [0.717, 1.165) is 17.3 Å². The quantitative estimate of drug-likeness (QED) is 0.391. The molecule has 5 heteroatoms. The zero-order chi connectivity index (χ0) is 15.1. The molecule has 0 saturated carbocycles. The van der Waals surface area contributed by atoms with E-state index in [0.29, 0.717) is 0 Å². The minimum atomic E-state index is 0.812. The van der Waals surface area contributed by atoms with Gasteiger partial charge in [-0.05, 0) is 36.6 Å². The van der Waals surface area contributed by atoms with Gasteiger partial charge in [0.1, 0.15) is 0 Å². The van der Waals surface area contributed by atoms with Crippen molar-refractivity contribution in [1.82, 2.24) is 4.72 Å². The van der Waals surface area contributed by atoms with Gasteiger partial charge in [0, 0.05) is 23.9 Å². The van der Waals surface area contributed by atoms with E-state index in [1.807, 2.05) is 43.6 Å². The van der Waals surface area contributed by atoms with Crippen molar-refractivity contribution in [3.8, 4) is 0 Å². The Morgan fingerprint density at radius 3 is 2.48 bits per heavy atom. The maximum Gasteiger partial charge on any atom is 0.213 e. The van der Waals surface area contributed by atoms with Crippen LogP contribution in [0.3, 0.4) is 0 Å². The summed E-state index contributed by atoms with van der Waals surface area (Å²) < 4.78 is 3.25. The van der Waals surface area contributed by atoms with Crippen LogP contribution in [0.15, 0.2) is 64.5 Å². The number of guanidine groups is 1. The first-order valence-electron chi connectivity index (χ1n) is 6.55. The molecule has 0 atom stereocenters. The van der Waals surface area contributed by atoms with Gasteiger partial charge in [-0.2, -0.15) is 0 Å². The Hall–Kier alpha value is -1.59. The largest absolute Gasteiger partial charge is 0.315 e. The highest BCUT2D eigenvalue weighted by molar-refractivity contribution is 7.98. The average Bonchev–Trinajstić information content (AvgIpc) is 2.55. The first kappa shape index (κ1) is 15.8. The number of benzene rings is 2. The normalized spacial score (nSPS) is 11.3. The lowest BCUT2D eigenvalue weighted by Gasteiger charge is -2.22. The molecule has 0 aliphatic heterocycles. The predicted octanol–water partition coefficient (Wildman–Crippen LogP) is 4.40. The highest BCUT2D eigenvalue weighted by Crippen LogP contribution is 2.22. The fraction of sp³-hybridized carbons (Fsp3) is 0.188. The Balaban J connectivity index is 2.30. The predicted molar refractivity (Wildman–Crippen MR) is 96.8 cm³/mol. The monoisotopic (exact) mass is 317 g/mol. The zero-order valence-corrected chi connectivity index (χ0v) is 14.0. The number of nitrogens with one attached hydrogen (secondary N) is 1. The zero-order valence-electron chi connectivity index (χ0n) is 12.4. The van der Waals surface area contributed by atoms with Crippen LogP contribution in [0.4, 0.5) is 11.4 Å². The number of aliphatic imine (C=N–C) groups is 1. The number of para-hydroxylation sites is 1. The lowest BCUT2D eigenvalue weighted by molar-refractivity contribution is 1.18. The molecule has 0 heterocycles. The molecule has 2 rings (SSSR count). The van der Waals surface area contributed by atoms with Gasteiger partial charge >= 0.3 is 0 Å². The third kappa shape index (κ3) is 4.44. The lowest BCUT2D eigenvalue weighted by Crippen LogP contribution is -2.35. The first-order chi connectivity index (χ1) is 10.2. The third-order valence-corrected chi connectivity index (χ3v) is 4.05. The van der Waals surface area contributed by atoms with E-state index in [1.54, 1.807) is 11.8 Å². The van der Waals surface area contributed by atoms with Gasteiger partial charge in [-0.15, -0.1) is 11.8 Å². The number of hydrogen-bond donors (Lipinski definition) is 1. The third-order valence-electron chi connectivity index (χ3n) is 2.94. The summed E-state index contributed by atoms with van der Waals surface area (Å²) in [6.07, 6.45) is 4.07. The van der Waals surface area contributed by atoms with Gasteiger partial charge in [-0.25, -0.2) is 4.99 Å². The minimum Gasteiger partial charge on any atom is -0.315 e. The summed E-state index contributed by atoms with van der Waals surface area (Å²) >= 11 is 3.27. The fourth-order valence-electron chi connectivity index (χ4n) is 1.82. The molecule has 0 radical (unpaired) electrons. The van der Waals surface area contributed by atoms with Crippen molar-refractivity contribution < 1.29 is 0 Å². The molecule has 21 heavy (non-hydrogen) atoms. The lowest BCUT2D eigenvalue weighted by atomic mass is 10.3. The van der Waals surface area contributed by atoms with Crippen LogP contribution in [-0.4, -0.2) is 25.5 Å². The molecule has 0 spiro atoms. The molecule has 2 aromatic carbocycles. The topological polar surface area (TPSA) is 27.6 Å². The molecular weight excluding hydrogens is 298 g/mol. The Kier molecular flexibility index (Phi) is 6.02. The molecule has 2 aromatic rings. The highest BCUT2D eigenvalue weighted by Gasteiger charge is 2.09. The van der Waals surface area contributed by atoms with E-state index in [2.05, 4.69) is 45.1 Å². The number of thioether (sulfide) groups is 1. The summed E-state index contributed by atoms with van der Waals surface area (Å²) in [5, 5.41) is 0. The molecule has 3 nitrogen and oxygen atoms in total. The molecule has 0 fully saturated rings. The molecule has 0 bridgehead atoms. The van der Waals surface area contributed by atoms with E-state index in [9.17, 15) is 0 Å². The average molecular weight is 317 g/mol. The van der Waals surface area contributed by atoms with Crippen molar-refractivity contribution in [3.05, 3.63) is 54.6 Å². The Bertz CT molecular complexity index is 599. The van der Waals surface area contributed by atoms with Crippen molar-refractivity contribution in [2.75, 3.05) is 24.5 Å². The number of nitrogens with zero attached hydrogens (tertiary/aromatic N) is 2. The first-order valence-corrected chi connectivity index (χ1v) is 9.00. The van der Waals surface area contributed by atoms with Crippen molar-refractivity contribution in [2.24, 2.45) is 4.99 Å². The standard InChI is InChI=1S/C16H19N3S2/c1-19(14-10-7-11-15(12-14)20-2)16(18-21-3)17-13-8-5-4-6-9-13/h4-12H,1-3H3,(H,17,18). The SMILES string of the molecule is CSNC(=Nc1ccccc1)N(C)c1cccc(SC)c1.